The van der Waals surface area contributed by atoms with Gasteiger partial charge in [-0.15, -0.1) is 0 Å². The Bertz CT molecular complexity index is 442. The maximum Gasteiger partial charge on any atom is 0.250 e. The van der Waals surface area contributed by atoms with E-state index < -0.39 is 5.82 Å². The van der Waals surface area contributed by atoms with Crippen LogP contribution in [0.15, 0.2) is 18.2 Å². The molecular weight excluding hydrogens is 247 g/mol. The molecule has 0 fully saturated rings. The highest BCUT2D eigenvalue weighted by atomic mass is 19.1. The van der Waals surface area contributed by atoms with Crippen molar-refractivity contribution in [2.24, 2.45) is 5.41 Å². The van der Waals surface area contributed by atoms with Crippen LogP contribution in [0, 0.1) is 11.2 Å². The van der Waals surface area contributed by atoms with Gasteiger partial charge in [-0.25, -0.2) is 4.39 Å². The van der Waals surface area contributed by atoms with Crippen LogP contribution >= 0.6 is 0 Å². The highest BCUT2D eigenvalue weighted by Gasteiger charge is 2.11. The third-order valence-corrected chi connectivity index (χ3v) is 2.52. The van der Waals surface area contributed by atoms with Gasteiger partial charge in [-0.3, -0.25) is 4.79 Å². The van der Waals surface area contributed by atoms with Crippen LogP contribution in [-0.2, 0) is 9.53 Å². The second-order valence-electron chi connectivity index (χ2n) is 5.64. The Hall–Kier alpha value is -1.62. The van der Waals surface area contributed by atoms with E-state index in [1.807, 2.05) is 0 Å². The molecule has 0 aliphatic heterocycles. The van der Waals surface area contributed by atoms with E-state index in [4.69, 9.17) is 10.5 Å². The molecule has 0 bridgehead atoms. The number of carbonyl (C=O) groups is 1. The number of halogens is 1. The normalized spacial score (nSPS) is 11.4. The zero-order valence-electron chi connectivity index (χ0n) is 11.6. The highest BCUT2D eigenvalue weighted by molar-refractivity contribution is 5.94. The van der Waals surface area contributed by atoms with E-state index >= 15 is 0 Å². The Morgan fingerprint density at radius 3 is 2.68 bits per heavy atom. The SMILES string of the molecule is CC(C)(C)CCOCC(=O)Nc1ccc(F)cc1N. The predicted octanol–water partition coefficient (Wildman–Crippen LogP) is 2.80. The lowest BCUT2D eigenvalue weighted by molar-refractivity contribution is -0.120. The number of amides is 1. The minimum Gasteiger partial charge on any atom is -0.397 e. The lowest BCUT2D eigenvalue weighted by atomic mass is 9.93. The number of nitrogen functional groups attached to an aromatic ring is 1. The summed E-state index contributed by atoms with van der Waals surface area (Å²) in [5.74, 6) is -0.732. The molecule has 1 rings (SSSR count). The van der Waals surface area contributed by atoms with Crippen LogP contribution in [-0.4, -0.2) is 19.1 Å². The first kappa shape index (κ1) is 15.4. The molecule has 0 radical (unpaired) electrons. The number of nitrogens with one attached hydrogen (secondary N) is 1. The number of hydrogen-bond donors (Lipinski definition) is 2. The molecule has 0 aliphatic rings. The van der Waals surface area contributed by atoms with Crippen molar-refractivity contribution in [2.45, 2.75) is 27.2 Å². The first-order valence-electron chi connectivity index (χ1n) is 6.20. The summed E-state index contributed by atoms with van der Waals surface area (Å²) in [4.78, 5) is 11.6. The van der Waals surface area contributed by atoms with E-state index in [1.54, 1.807) is 0 Å². The van der Waals surface area contributed by atoms with Gasteiger partial charge in [0.2, 0.25) is 5.91 Å². The molecule has 0 saturated carbocycles. The van der Waals surface area contributed by atoms with Gasteiger partial charge >= 0.3 is 0 Å². The third-order valence-electron chi connectivity index (χ3n) is 2.52. The van der Waals surface area contributed by atoms with E-state index in [0.717, 1.165) is 12.5 Å². The summed E-state index contributed by atoms with van der Waals surface area (Å²) in [6.07, 6.45) is 0.874. The number of carbonyl (C=O) groups excluding carboxylic acids is 1. The van der Waals surface area contributed by atoms with Gasteiger partial charge in [0, 0.05) is 6.61 Å². The van der Waals surface area contributed by atoms with E-state index in [1.165, 1.54) is 12.1 Å². The van der Waals surface area contributed by atoms with Crippen molar-refractivity contribution in [1.82, 2.24) is 0 Å². The van der Waals surface area contributed by atoms with Gasteiger partial charge in [-0.2, -0.15) is 0 Å². The van der Waals surface area contributed by atoms with E-state index in [-0.39, 0.29) is 23.6 Å². The lowest BCUT2D eigenvalue weighted by Crippen LogP contribution is -2.20. The molecule has 0 spiro atoms. The average molecular weight is 268 g/mol. The van der Waals surface area contributed by atoms with Gasteiger partial charge < -0.3 is 15.8 Å². The summed E-state index contributed by atoms with van der Waals surface area (Å²) in [5.41, 5.74) is 6.36. The van der Waals surface area contributed by atoms with Crippen LogP contribution in [0.1, 0.15) is 27.2 Å². The summed E-state index contributed by atoms with van der Waals surface area (Å²) in [6.45, 7) is 6.81. The second kappa shape index (κ2) is 6.52. The van der Waals surface area contributed by atoms with Crippen LogP contribution in [0.3, 0.4) is 0 Å². The molecule has 0 unspecified atom stereocenters. The molecule has 4 nitrogen and oxygen atoms in total. The second-order valence-corrected chi connectivity index (χ2v) is 5.64. The fraction of sp³-hybridized carbons (Fsp3) is 0.500. The van der Waals surface area contributed by atoms with Crippen molar-refractivity contribution in [2.75, 3.05) is 24.3 Å². The molecule has 0 aromatic heterocycles. The minimum absolute atomic E-state index is 0.0348. The summed E-state index contributed by atoms with van der Waals surface area (Å²) in [7, 11) is 0. The summed E-state index contributed by atoms with van der Waals surface area (Å²) in [6, 6.07) is 3.83. The molecule has 0 heterocycles. The molecule has 106 valence electrons. The quantitative estimate of drug-likeness (QED) is 0.637. The first-order chi connectivity index (χ1) is 8.78. The summed E-state index contributed by atoms with van der Waals surface area (Å²) in [5, 5.41) is 2.58. The molecule has 0 saturated heterocycles. The van der Waals surface area contributed by atoms with Crippen molar-refractivity contribution in [3.05, 3.63) is 24.0 Å². The third kappa shape index (κ3) is 6.20. The lowest BCUT2D eigenvalue weighted by Gasteiger charge is -2.17. The smallest absolute Gasteiger partial charge is 0.250 e. The molecule has 5 heteroatoms. The van der Waals surface area contributed by atoms with Gasteiger partial charge in [-0.05, 0) is 30.0 Å². The number of anilines is 2. The van der Waals surface area contributed by atoms with Crippen LogP contribution < -0.4 is 11.1 Å². The van der Waals surface area contributed by atoms with Crippen molar-refractivity contribution >= 4 is 17.3 Å². The van der Waals surface area contributed by atoms with Gasteiger partial charge in [0.1, 0.15) is 12.4 Å². The molecule has 3 N–H and O–H groups in total. The molecule has 1 aromatic rings. The van der Waals surface area contributed by atoms with Crippen molar-refractivity contribution in [3.8, 4) is 0 Å². The van der Waals surface area contributed by atoms with Gasteiger partial charge in [-0.1, -0.05) is 20.8 Å². The number of nitrogens with two attached hydrogens (primary N) is 1. The Balaban J connectivity index is 2.35. The molecule has 19 heavy (non-hydrogen) atoms. The Kier molecular flexibility index (Phi) is 5.30. The van der Waals surface area contributed by atoms with Crippen molar-refractivity contribution in [1.29, 1.82) is 0 Å². The standard InChI is InChI=1S/C14H21FN2O2/c1-14(2,3)6-7-19-9-13(18)17-12-5-4-10(15)8-11(12)16/h4-5,8H,6-7,9,16H2,1-3H3,(H,17,18). The largest absolute Gasteiger partial charge is 0.397 e. The van der Waals surface area contributed by atoms with Crippen LogP contribution in [0.4, 0.5) is 15.8 Å². The van der Waals surface area contributed by atoms with Gasteiger partial charge in [0.15, 0.2) is 0 Å². The van der Waals surface area contributed by atoms with E-state index in [0.29, 0.717) is 12.3 Å². The maximum absolute atomic E-state index is 12.8. The Morgan fingerprint density at radius 1 is 1.42 bits per heavy atom. The maximum atomic E-state index is 12.8. The van der Waals surface area contributed by atoms with Crippen LogP contribution in [0.25, 0.3) is 0 Å². The Labute approximate surface area is 113 Å². The molecule has 1 aromatic carbocycles. The summed E-state index contributed by atoms with van der Waals surface area (Å²) < 4.78 is 18.1. The minimum atomic E-state index is -0.433. The molecular formula is C14H21FN2O2. The highest BCUT2D eigenvalue weighted by Crippen LogP contribution is 2.19. The first-order valence-corrected chi connectivity index (χ1v) is 6.20. The van der Waals surface area contributed by atoms with Crippen molar-refractivity contribution in [3.63, 3.8) is 0 Å². The monoisotopic (exact) mass is 268 g/mol. The topological polar surface area (TPSA) is 64.3 Å². The van der Waals surface area contributed by atoms with E-state index in [9.17, 15) is 9.18 Å². The van der Waals surface area contributed by atoms with E-state index in [2.05, 4.69) is 26.1 Å². The fourth-order valence-corrected chi connectivity index (χ4v) is 1.38. The van der Waals surface area contributed by atoms with Gasteiger partial charge in [0.05, 0.1) is 11.4 Å². The van der Waals surface area contributed by atoms with Crippen LogP contribution in [0.5, 0.6) is 0 Å². The zero-order valence-corrected chi connectivity index (χ0v) is 11.6. The zero-order chi connectivity index (χ0) is 14.5. The average Bonchev–Trinajstić information content (AvgIpc) is 2.27. The van der Waals surface area contributed by atoms with Gasteiger partial charge in [0.25, 0.3) is 0 Å². The molecule has 0 atom stereocenters. The number of hydrogen-bond acceptors (Lipinski definition) is 3. The summed E-state index contributed by atoms with van der Waals surface area (Å²) >= 11 is 0. The predicted molar refractivity (Wildman–Crippen MR) is 74.3 cm³/mol. The Morgan fingerprint density at radius 2 is 2.11 bits per heavy atom. The van der Waals surface area contributed by atoms with Crippen LogP contribution in [0.2, 0.25) is 0 Å². The number of benzene rings is 1. The molecule has 1 amide bonds. The number of rotatable bonds is 5. The number of ether oxygens (including phenoxy) is 1. The molecule has 0 aliphatic carbocycles. The fourth-order valence-electron chi connectivity index (χ4n) is 1.38. The van der Waals surface area contributed by atoms with Crippen molar-refractivity contribution < 1.29 is 13.9 Å².